The van der Waals surface area contributed by atoms with Crippen LogP contribution in [0.5, 0.6) is 0 Å². The van der Waals surface area contributed by atoms with Crippen molar-refractivity contribution in [3.05, 3.63) is 14.9 Å². The van der Waals surface area contributed by atoms with Crippen LogP contribution in [-0.2, 0) is 10.0 Å². The molecule has 17 heavy (non-hydrogen) atoms. The highest BCUT2D eigenvalue weighted by atomic mass is 79.9. The molecule has 0 radical (unpaired) electrons. The Hall–Kier alpha value is 0.340. The fraction of sp³-hybridized carbons (Fsp3) is 0.556. The summed E-state index contributed by atoms with van der Waals surface area (Å²) in [7, 11) is 0.474. The molecule has 1 heterocycles. The summed E-state index contributed by atoms with van der Waals surface area (Å²) >= 11 is 10.1. The molecule has 8 heteroatoms. The molecule has 0 atom stereocenters. The maximum atomic E-state index is 11.8. The average Bonchev–Trinajstić information content (AvgIpc) is 2.55. The summed E-state index contributed by atoms with van der Waals surface area (Å²) in [5.74, 6) is 0. The van der Waals surface area contributed by atoms with E-state index in [9.17, 15) is 8.42 Å². The molecular formula is C9H14BrClN2O2S2. The van der Waals surface area contributed by atoms with Gasteiger partial charge in [0, 0.05) is 6.54 Å². The first kappa shape index (κ1) is 15.4. The number of rotatable bonds is 6. The van der Waals surface area contributed by atoms with Crippen molar-refractivity contribution in [3.63, 3.8) is 0 Å². The number of halogens is 2. The second-order valence-electron chi connectivity index (χ2n) is 3.74. The van der Waals surface area contributed by atoms with Crippen LogP contribution in [0.25, 0.3) is 0 Å². The van der Waals surface area contributed by atoms with Gasteiger partial charge in [-0.05, 0) is 49.1 Å². The molecule has 1 aromatic rings. The summed E-state index contributed by atoms with van der Waals surface area (Å²) in [6.07, 6.45) is 0.770. The molecule has 0 amide bonds. The van der Waals surface area contributed by atoms with Gasteiger partial charge in [-0.2, -0.15) is 0 Å². The van der Waals surface area contributed by atoms with Gasteiger partial charge in [-0.15, -0.1) is 11.3 Å². The van der Waals surface area contributed by atoms with Gasteiger partial charge in [-0.1, -0.05) is 11.6 Å². The van der Waals surface area contributed by atoms with E-state index in [2.05, 4.69) is 20.7 Å². The molecule has 0 aliphatic heterocycles. The van der Waals surface area contributed by atoms with Crippen LogP contribution >= 0.6 is 38.9 Å². The number of hydrogen-bond donors (Lipinski definition) is 1. The Kier molecular flexibility index (Phi) is 5.88. The third-order valence-electron chi connectivity index (χ3n) is 1.96. The molecule has 0 unspecified atom stereocenters. The quantitative estimate of drug-likeness (QED) is 0.792. The molecule has 0 saturated carbocycles. The van der Waals surface area contributed by atoms with Crippen LogP contribution in [0.3, 0.4) is 0 Å². The van der Waals surface area contributed by atoms with E-state index in [4.69, 9.17) is 11.6 Å². The summed E-state index contributed by atoms with van der Waals surface area (Å²) in [5.41, 5.74) is 0. The molecule has 0 saturated heterocycles. The van der Waals surface area contributed by atoms with Crippen LogP contribution in [-0.4, -0.2) is 40.5 Å². The van der Waals surface area contributed by atoms with Crippen LogP contribution < -0.4 is 4.72 Å². The number of nitrogens with zero attached hydrogens (tertiary/aromatic N) is 1. The fourth-order valence-electron chi connectivity index (χ4n) is 1.13. The van der Waals surface area contributed by atoms with Crippen LogP contribution in [0.2, 0.25) is 5.02 Å². The molecule has 0 aliphatic carbocycles. The van der Waals surface area contributed by atoms with Crippen LogP contribution in [0.15, 0.2) is 14.1 Å². The molecule has 1 aromatic heterocycles. The van der Waals surface area contributed by atoms with Crippen molar-refractivity contribution in [2.45, 2.75) is 10.6 Å². The predicted octanol–water partition coefficient (Wildman–Crippen LogP) is 2.39. The minimum absolute atomic E-state index is 0.235. The number of hydrogen-bond acceptors (Lipinski definition) is 4. The molecule has 1 N–H and O–H groups in total. The Morgan fingerprint density at radius 2 is 2.18 bits per heavy atom. The molecule has 98 valence electrons. The van der Waals surface area contributed by atoms with Crippen LogP contribution in [0, 0.1) is 0 Å². The van der Waals surface area contributed by atoms with Crippen molar-refractivity contribution in [1.82, 2.24) is 9.62 Å². The molecule has 4 nitrogen and oxygen atoms in total. The van der Waals surface area contributed by atoms with E-state index >= 15 is 0 Å². The van der Waals surface area contributed by atoms with Gasteiger partial charge in [0.25, 0.3) is 0 Å². The second-order valence-corrected chi connectivity index (χ2v) is 8.51. The lowest BCUT2D eigenvalue weighted by Gasteiger charge is -2.09. The summed E-state index contributed by atoms with van der Waals surface area (Å²) < 4.78 is 27.1. The summed E-state index contributed by atoms with van der Waals surface area (Å²) in [5, 5.41) is 0.420. The van der Waals surface area contributed by atoms with Gasteiger partial charge in [0.05, 0.1) is 8.81 Å². The molecule has 0 aromatic carbocycles. The van der Waals surface area contributed by atoms with E-state index in [0.717, 1.165) is 24.3 Å². The number of sulfonamides is 1. The zero-order chi connectivity index (χ0) is 13.1. The first-order valence-electron chi connectivity index (χ1n) is 4.92. The number of nitrogens with one attached hydrogen (secondary N) is 1. The Morgan fingerprint density at radius 1 is 1.53 bits per heavy atom. The number of thiophene rings is 1. The van der Waals surface area contributed by atoms with Gasteiger partial charge >= 0.3 is 0 Å². The van der Waals surface area contributed by atoms with E-state index in [-0.39, 0.29) is 4.21 Å². The first-order chi connectivity index (χ1) is 7.83. The molecule has 0 bridgehead atoms. The standard InChI is InChI=1S/C9H14BrClN2O2S2/c1-13(2)5-3-4-12-17(14,15)8-6-7(11)9(10)16-8/h6,12H,3-5H2,1-2H3. The zero-order valence-electron chi connectivity index (χ0n) is 9.53. The van der Waals surface area contributed by atoms with Crippen LogP contribution in [0.4, 0.5) is 0 Å². The largest absolute Gasteiger partial charge is 0.309 e. The monoisotopic (exact) mass is 360 g/mol. The first-order valence-corrected chi connectivity index (χ1v) is 8.39. The smallest absolute Gasteiger partial charge is 0.250 e. The molecule has 0 aliphatic rings. The van der Waals surface area contributed by atoms with Gasteiger partial charge in [0.1, 0.15) is 4.21 Å². The Balaban J connectivity index is 2.57. The maximum Gasteiger partial charge on any atom is 0.250 e. The van der Waals surface area contributed by atoms with Crippen molar-refractivity contribution in [1.29, 1.82) is 0 Å². The lowest BCUT2D eigenvalue weighted by Crippen LogP contribution is -2.26. The Bertz CT molecular complexity index is 454. The van der Waals surface area contributed by atoms with Gasteiger partial charge < -0.3 is 4.90 Å². The van der Waals surface area contributed by atoms with Crippen molar-refractivity contribution < 1.29 is 8.42 Å². The van der Waals surface area contributed by atoms with E-state index in [1.54, 1.807) is 0 Å². The average molecular weight is 362 g/mol. The highest BCUT2D eigenvalue weighted by molar-refractivity contribution is 9.11. The normalized spacial score (nSPS) is 12.3. The van der Waals surface area contributed by atoms with Gasteiger partial charge in [0.2, 0.25) is 10.0 Å². The molecule has 0 fully saturated rings. The minimum Gasteiger partial charge on any atom is -0.309 e. The lowest BCUT2D eigenvalue weighted by atomic mass is 10.4. The van der Waals surface area contributed by atoms with E-state index in [1.807, 2.05) is 19.0 Å². The highest BCUT2D eigenvalue weighted by Crippen LogP contribution is 2.34. The molecule has 1 rings (SSSR count). The van der Waals surface area contributed by atoms with E-state index in [1.165, 1.54) is 6.07 Å². The summed E-state index contributed by atoms with van der Waals surface area (Å²) in [6.45, 7) is 1.27. The highest BCUT2D eigenvalue weighted by Gasteiger charge is 2.18. The van der Waals surface area contributed by atoms with Crippen molar-refractivity contribution in [3.8, 4) is 0 Å². The predicted molar refractivity (Wildman–Crippen MR) is 75.4 cm³/mol. The van der Waals surface area contributed by atoms with Crippen molar-refractivity contribution in [2.75, 3.05) is 27.2 Å². The van der Waals surface area contributed by atoms with Crippen LogP contribution in [0.1, 0.15) is 6.42 Å². The second kappa shape index (κ2) is 6.49. The maximum absolute atomic E-state index is 11.8. The molecular weight excluding hydrogens is 348 g/mol. The summed E-state index contributed by atoms with van der Waals surface area (Å²) in [4.78, 5) is 2.01. The van der Waals surface area contributed by atoms with Gasteiger partial charge in [-0.3, -0.25) is 0 Å². The Labute approximate surface area is 119 Å². The van der Waals surface area contributed by atoms with E-state index in [0.29, 0.717) is 15.4 Å². The van der Waals surface area contributed by atoms with E-state index < -0.39 is 10.0 Å². The van der Waals surface area contributed by atoms with Gasteiger partial charge in [-0.25, -0.2) is 13.1 Å². The third-order valence-corrected chi connectivity index (χ3v) is 6.37. The van der Waals surface area contributed by atoms with Crippen molar-refractivity contribution >= 4 is 48.9 Å². The Morgan fingerprint density at radius 3 is 2.65 bits per heavy atom. The SMILES string of the molecule is CN(C)CCCNS(=O)(=O)c1cc(Cl)c(Br)s1. The topological polar surface area (TPSA) is 49.4 Å². The van der Waals surface area contributed by atoms with Crippen molar-refractivity contribution in [2.24, 2.45) is 0 Å². The lowest BCUT2D eigenvalue weighted by molar-refractivity contribution is 0.400. The minimum atomic E-state index is -3.42. The zero-order valence-corrected chi connectivity index (χ0v) is 13.5. The summed E-state index contributed by atoms with van der Waals surface area (Å²) in [6, 6.07) is 1.45. The third kappa shape index (κ3) is 4.84. The van der Waals surface area contributed by atoms with Gasteiger partial charge in [0.15, 0.2) is 0 Å². The molecule has 0 spiro atoms. The fourth-order valence-corrected chi connectivity index (χ4v) is 4.65.